The number of carboxylic acid groups (broad SMARTS) is 1. The molecule has 2 heterocycles. The van der Waals surface area contributed by atoms with E-state index in [0.717, 1.165) is 21.8 Å². The number of aromatic nitrogens is 3. The molecule has 0 saturated carbocycles. The summed E-state index contributed by atoms with van der Waals surface area (Å²) in [5, 5.41) is 14.1. The van der Waals surface area contributed by atoms with Gasteiger partial charge in [-0.25, -0.2) is 9.50 Å². The van der Waals surface area contributed by atoms with Crippen molar-refractivity contribution in [3.05, 3.63) is 102 Å². The Labute approximate surface area is 217 Å². The minimum Gasteiger partial charge on any atom is -0.480 e. The number of carbonyl (C=O) groups excluding carboxylic acids is 1. The molecular formula is C28H21ClN4O4. The van der Waals surface area contributed by atoms with Crippen molar-refractivity contribution >= 4 is 29.1 Å². The number of aliphatic carboxylic acids is 1. The first-order valence-electron chi connectivity index (χ1n) is 11.3. The Morgan fingerprint density at radius 1 is 0.919 bits per heavy atom. The first kappa shape index (κ1) is 24.0. The molecule has 8 nitrogen and oxygen atoms in total. The third kappa shape index (κ3) is 5.29. The Bertz CT molecular complexity index is 1580. The van der Waals surface area contributed by atoms with Crippen molar-refractivity contribution in [2.45, 2.75) is 0 Å². The van der Waals surface area contributed by atoms with Crippen molar-refractivity contribution in [2.24, 2.45) is 0 Å². The maximum Gasteiger partial charge on any atom is 0.323 e. The molecule has 0 aliphatic rings. The van der Waals surface area contributed by atoms with Crippen LogP contribution in [-0.2, 0) is 4.79 Å². The maximum absolute atomic E-state index is 12.8. The van der Waals surface area contributed by atoms with E-state index in [9.17, 15) is 9.59 Å². The van der Waals surface area contributed by atoms with Gasteiger partial charge in [-0.1, -0.05) is 41.9 Å². The van der Waals surface area contributed by atoms with Gasteiger partial charge in [0.2, 0.25) is 0 Å². The average molecular weight is 513 g/mol. The van der Waals surface area contributed by atoms with Crippen LogP contribution in [0, 0.1) is 0 Å². The van der Waals surface area contributed by atoms with E-state index in [4.69, 9.17) is 26.4 Å². The number of ether oxygens (including phenoxy) is 1. The summed E-state index contributed by atoms with van der Waals surface area (Å²) in [4.78, 5) is 29.7. The van der Waals surface area contributed by atoms with Gasteiger partial charge in [0.1, 0.15) is 18.0 Å². The molecule has 3 aromatic carbocycles. The number of fused-ring (bicyclic) bond motifs is 1. The molecule has 0 aliphatic heterocycles. The van der Waals surface area contributed by atoms with Crippen LogP contribution in [0.5, 0.6) is 11.5 Å². The fraction of sp³-hybridized carbons (Fsp3) is 0.0714. The van der Waals surface area contributed by atoms with E-state index < -0.39 is 18.4 Å². The lowest BCUT2D eigenvalue weighted by atomic mass is 10.1. The zero-order valence-electron chi connectivity index (χ0n) is 19.7. The van der Waals surface area contributed by atoms with E-state index in [-0.39, 0.29) is 5.69 Å². The van der Waals surface area contributed by atoms with E-state index in [1.54, 1.807) is 22.7 Å². The Morgan fingerprint density at radius 3 is 2.24 bits per heavy atom. The molecule has 2 aromatic heterocycles. The van der Waals surface area contributed by atoms with E-state index in [2.05, 4.69) is 5.10 Å². The molecule has 0 aliphatic carbocycles. The lowest BCUT2D eigenvalue weighted by Gasteiger charge is -2.12. The lowest BCUT2D eigenvalue weighted by Crippen LogP contribution is -2.32. The highest BCUT2D eigenvalue weighted by Crippen LogP contribution is 2.30. The van der Waals surface area contributed by atoms with E-state index in [1.165, 1.54) is 7.05 Å². The zero-order valence-corrected chi connectivity index (χ0v) is 20.5. The Kier molecular flexibility index (Phi) is 6.57. The largest absolute Gasteiger partial charge is 0.480 e. The van der Waals surface area contributed by atoms with Gasteiger partial charge >= 0.3 is 5.97 Å². The molecule has 0 spiro atoms. The van der Waals surface area contributed by atoms with E-state index in [0.29, 0.717) is 27.8 Å². The second-order valence-corrected chi connectivity index (χ2v) is 8.76. The quantitative estimate of drug-likeness (QED) is 0.302. The standard InChI is InChI=1S/C28H21ClN4O4/c1-32(17-27(34)35)28(36)24-16-26-30-23(18-7-11-20(29)12-8-18)15-25(33(26)31-24)19-9-13-22(14-10-19)37-21-5-3-2-4-6-21/h2-16H,17H2,1H3,(H,34,35). The number of amides is 1. The smallest absolute Gasteiger partial charge is 0.323 e. The van der Waals surface area contributed by atoms with Gasteiger partial charge in [0.25, 0.3) is 5.91 Å². The highest BCUT2D eigenvalue weighted by Gasteiger charge is 2.20. The van der Waals surface area contributed by atoms with Gasteiger partial charge in [-0.05, 0) is 54.6 Å². The summed E-state index contributed by atoms with van der Waals surface area (Å²) in [5.41, 5.74) is 3.56. The summed E-state index contributed by atoms with van der Waals surface area (Å²) in [7, 11) is 1.42. The van der Waals surface area contributed by atoms with Gasteiger partial charge in [0.15, 0.2) is 11.3 Å². The minimum absolute atomic E-state index is 0.0924. The third-order valence-electron chi connectivity index (χ3n) is 5.63. The maximum atomic E-state index is 12.8. The van der Waals surface area contributed by atoms with Gasteiger partial charge < -0.3 is 14.7 Å². The van der Waals surface area contributed by atoms with Crippen LogP contribution in [0.1, 0.15) is 10.5 Å². The SMILES string of the molecule is CN(CC(=O)O)C(=O)c1cc2nc(-c3ccc(Cl)cc3)cc(-c3ccc(Oc4ccccc4)cc3)n2n1. The van der Waals surface area contributed by atoms with Crippen molar-refractivity contribution in [3.63, 3.8) is 0 Å². The van der Waals surface area contributed by atoms with Gasteiger partial charge in [-0.2, -0.15) is 5.10 Å². The topological polar surface area (TPSA) is 97.0 Å². The fourth-order valence-corrected chi connectivity index (χ4v) is 3.97. The molecule has 0 atom stereocenters. The molecule has 0 fully saturated rings. The molecule has 184 valence electrons. The summed E-state index contributed by atoms with van der Waals surface area (Å²) in [5.74, 6) is -0.225. The highest BCUT2D eigenvalue weighted by molar-refractivity contribution is 6.30. The van der Waals surface area contributed by atoms with Crippen LogP contribution in [0.15, 0.2) is 91.0 Å². The summed E-state index contributed by atoms with van der Waals surface area (Å²) in [6, 6.07) is 27.7. The number of likely N-dealkylation sites (N-methyl/N-ethyl adjacent to an activating group) is 1. The number of benzene rings is 3. The minimum atomic E-state index is -1.11. The Balaban J connectivity index is 1.57. The highest BCUT2D eigenvalue weighted by atomic mass is 35.5. The van der Waals surface area contributed by atoms with E-state index >= 15 is 0 Å². The molecule has 0 unspecified atom stereocenters. The lowest BCUT2D eigenvalue weighted by molar-refractivity contribution is -0.137. The van der Waals surface area contributed by atoms with Crippen LogP contribution in [0.3, 0.4) is 0 Å². The van der Waals surface area contributed by atoms with Gasteiger partial charge in [0.05, 0.1) is 11.4 Å². The summed E-state index contributed by atoms with van der Waals surface area (Å²) < 4.78 is 7.49. The molecule has 9 heteroatoms. The summed E-state index contributed by atoms with van der Waals surface area (Å²) in [6.07, 6.45) is 0. The van der Waals surface area contributed by atoms with Crippen molar-refractivity contribution in [1.29, 1.82) is 0 Å². The molecule has 1 N–H and O–H groups in total. The van der Waals surface area contributed by atoms with Crippen molar-refractivity contribution in [1.82, 2.24) is 19.5 Å². The summed E-state index contributed by atoms with van der Waals surface area (Å²) in [6.45, 7) is -0.439. The van der Waals surface area contributed by atoms with Crippen LogP contribution < -0.4 is 4.74 Å². The molecule has 1 amide bonds. The third-order valence-corrected chi connectivity index (χ3v) is 5.89. The van der Waals surface area contributed by atoms with Crippen LogP contribution in [0.4, 0.5) is 0 Å². The molecule has 5 rings (SSSR count). The Hall–Kier alpha value is -4.69. The van der Waals surface area contributed by atoms with Gasteiger partial charge in [0, 0.05) is 29.3 Å². The van der Waals surface area contributed by atoms with Crippen LogP contribution in [0.2, 0.25) is 5.02 Å². The normalized spacial score (nSPS) is 10.9. The number of rotatable bonds is 7. The zero-order chi connectivity index (χ0) is 25.9. The number of carboxylic acids is 1. The first-order valence-corrected chi connectivity index (χ1v) is 11.7. The molecular weight excluding hydrogens is 492 g/mol. The molecule has 0 saturated heterocycles. The van der Waals surface area contributed by atoms with E-state index in [1.807, 2.05) is 72.8 Å². The van der Waals surface area contributed by atoms with Gasteiger partial charge in [-0.3, -0.25) is 9.59 Å². The van der Waals surface area contributed by atoms with Crippen molar-refractivity contribution in [3.8, 4) is 34.0 Å². The van der Waals surface area contributed by atoms with Crippen LogP contribution >= 0.6 is 11.6 Å². The number of para-hydroxylation sites is 1. The van der Waals surface area contributed by atoms with Crippen molar-refractivity contribution in [2.75, 3.05) is 13.6 Å². The number of carbonyl (C=O) groups is 2. The molecule has 37 heavy (non-hydrogen) atoms. The average Bonchev–Trinajstić information content (AvgIpc) is 3.33. The molecule has 0 bridgehead atoms. The summed E-state index contributed by atoms with van der Waals surface area (Å²) >= 11 is 6.07. The Morgan fingerprint density at radius 2 is 1.57 bits per heavy atom. The number of hydrogen-bond donors (Lipinski definition) is 1. The van der Waals surface area contributed by atoms with Crippen molar-refractivity contribution < 1.29 is 19.4 Å². The predicted molar refractivity (Wildman–Crippen MR) is 140 cm³/mol. The monoisotopic (exact) mass is 512 g/mol. The number of hydrogen-bond acceptors (Lipinski definition) is 5. The number of nitrogens with zero attached hydrogens (tertiary/aromatic N) is 4. The first-order chi connectivity index (χ1) is 17.9. The second-order valence-electron chi connectivity index (χ2n) is 8.33. The van der Waals surface area contributed by atoms with Crippen LogP contribution in [0.25, 0.3) is 28.2 Å². The molecule has 5 aromatic rings. The molecule has 0 radical (unpaired) electrons. The predicted octanol–water partition coefficient (Wildman–Crippen LogP) is 5.67. The van der Waals surface area contributed by atoms with Gasteiger partial charge in [-0.15, -0.1) is 0 Å². The fourth-order valence-electron chi connectivity index (χ4n) is 3.84. The number of halogens is 1. The van der Waals surface area contributed by atoms with Crippen LogP contribution in [-0.4, -0.2) is 50.1 Å². The second kappa shape index (κ2) is 10.1.